The predicted octanol–water partition coefficient (Wildman–Crippen LogP) is 7.64. The van der Waals surface area contributed by atoms with E-state index in [2.05, 4.69) is 4.99 Å². The van der Waals surface area contributed by atoms with Crippen molar-refractivity contribution in [3.8, 4) is 11.5 Å². The van der Waals surface area contributed by atoms with Crippen LogP contribution < -0.4 is 9.47 Å². The van der Waals surface area contributed by atoms with Gasteiger partial charge in [0.05, 0.1) is 22.8 Å². The minimum Gasteiger partial charge on any atom is -0.497 e. The van der Waals surface area contributed by atoms with Crippen LogP contribution in [0.15, 0.2) is 59.6 Å². The summed E-state index contributed by atoms with van der Waals surface area (Å²) < 4.78 is 10.9. The quantitative estimate of drug-likeness (QED) is 0.358. The Labute approximate surface area is 183 Å². The first kappa shape index (κ1) is 20.8. The van der Waals surface area contributed by atoms with E-state index in [9.17, 15) is 0 Å². The van der Waals surface area contributed by atoms with Crippen LogP contribution in [0.5, 0.6) is 11.5 Å². The predicted molar refractivity (Wildman–Crippen MR) is 118 cm³/mol. The molecular formula is C21H15Cl4NO2. The lowest BCUT2D eigenvalue weighted by Gasteiger charge is -2.12. The van der Waals surface area contributed by atoms with Crippen molar-refractivity contribution < 1.29 is 9.47 Å². The summed E-state index contributed by atoms with van der Waals surface area (Å²) in [5.74, 6) is 1.16. The molecule has 0 saturated heterocycles. The number of hydrogen-bond donors (Lipinski definition) is 0. The first-order valence-electron chi connectivity index (χ1n) is 8.20. The molecule has 0 unspecified atom stereocenters. The van der Waals surface area contributed by atoms with E-state index in [1.54, 1.807) is 43.7 Å². The van der Waals surface area contributed by atoms with Gasteiger partial charge < -0.3 is 9.47 Å². The number of hydrogen-bond acceptors (Lipinski definition) is 3. The summed E-state index contributed by atoms with van der Waals surface area (Å²) in [6, 6.07) is 16.0. The van der Waals surface area contributed by atoms with Crippen molar-refractivity contribution in [1.82, 2.24) is 0 Å². The Morgan fingerprint density at radius 1 is 0.857 bits per heavy atom. The molecule has 3 rings (SSSR count). The molecule has 0 aliphatic carbocycles. The average molecular weight is 455 g/mol. The van der Waals surface area contributed by atoms with Gasteiger partial charge in [-0.1, -0.05) is 52.5 Å². The zero-order valence-electron chi connectivity index (χ0n) is 14.8. The van der Waals surface area contributed by atoms with Gasteiger partial charge in [-0.15, -0.1) is 0 Å². The molecule has 0 aromatic heterocycles. The summed E-state index contributed by atoms with van der Waals surface area (Å²) >= 11 is 24.8. The lowest BCUT2D eigenvalue weighted by atomic mass is 10.2. The molecule has 7 heteroatoms. The molecule has 0 radical (unpaired) electrons. The molecule has 3 aromatic carbocycles. The van der Waals surface area contributed by atoms with Gasteiger partial charge in [-0.05, 0) is 54.1 Å². The van der Waals surface area contributed by atoms with Crippen molar-refractivity contribution >= 4 is 58.3 Å². The zero-order valence-corrected chi connectivity index (χ0v) is 17.8. The van der Waals surface area contributed by atoms with Gasteiger partial charge in [0.25, 0.3) is 0 Å². The highest BCUT2D eigenvalue weighted by atomic mass is 35.5. The van der Waals surface area contributed by atoms with Gasteiger partial charge in [0.1, 0.15) is 12.4 Å². The van der Waals surface area contributed by atoms with Gasteiger partial charge in [0.2, 0.25) is 0 Å². The van der Waals surface area contributed by atoms with E-state index in [0.29, 0.717) is 25.8 Å². The normalized spacial score (nSPS) is 11.0. The minimum absolute atomic E-state index is 0.217. The van der Waals surface area contributed by atoms with E-state index in [4.69, 9.17) is 55.9 Å². The highest BCUT2D eigenvalue weighted by Crippen LogP contribution is 2.35. The van der Waals surface area contributed by atoms with E-state index < -0.39 is 0 Å². The molecule has 0 N–H and O–H groups in total. The van der Waals surface area contributed by atoms with Crippen LogP contribution in [0, 0.1) is 0 Å². The fraction of sp³-hybridized carbons (Fsp3) is 0.0952. The molecule has 3 aromatic rings. The lowest BCUT2D eigenvalue weighted by molar-refractivity contribution is 0.306. The van der Waals surface area contributed by atoms with E-state index in [1.165, 1.54) is 0 Å². The second-order valence-electron chi connectivity index (χ2n) is 5.79. The number of ether oxygens (including phenoxy) is 2. The van der Waals surface area contributed by atoms with Crippen molar-refractivity contribution in [2.24, 2.45) is 4.99 Å². The summed E-state index contributed by atoms with van der Waals surface area (Å²) in [6.07, 6.45) is 1.68. The topological polar surface area (TPSA) is 30.8 Å². The lowest BCUT2D eigenvalue weighted by Crippen LogP contribution is -1.98. The van der Waals surface area contributed by atoms with Gasteiger partial charge in [0, 0.05) is 21.8 Å². The van der Waals surface area contributed by atoms with Crippen LogP contribution in [0.2, 0.25) is 20.1 Å². The third kappa shape index (κ3) is 5.33. The number of halogens is 4. The van der Waals surface area contributed by atoms with E-state index in [1.807, 2.05) is 24.3 Å². The molecule has 0 aliphatic rings. The molecule has 0 fully saturated rings. The zero-order chi connectivity index (χ0) is 20.1. The SMILES string of the molecule is COc1ccc(N=Cc2cc(Cl)c(OCc3ccc(Cl)cc3Cl)c(Cl)c2)cc1. The molecule has 0 heterocycles. The Hall–Kier alpha value is -1.91. The van der Waals surface area contributed by atoms with Crippen LogP contribution in [-0.4, -0.2) is 13.3 Å². The molecule has 0 saturated carbocycles. The maximum Gasteiger partial charge on any atom is 0.157 e. The number of rotatable bonds is 6. The summed E-state index contributed by atoms with van der Waals surface area (Å²) in [7, 11) is 1.62. The smallest absolute Gasteiger partial charge is 0.157 e. The molecule has 144 valence electrons. The maximum absolute atomic E-state index is 6.35. The third-order valence-electron chi connectivity index (χ3n) is 3.84. The highest BCUT2D eigenvalue weighted by molar-refractivity contribution is 6.37. The summed E-state index contributed by atoms with van der Waals surface area (Å²) in [5, 5.41) is 1.84. The Kier molecular flexibility index (Phi) is 7.08. The monoisotopic (exact) mass is 453 g/mol. The molecule has 0 spiro atoms. The third-order valence-corrected chi connectivity index (χ3v) is 4.99. The maximum atomic E-state index is 6.35. The van der Waals surface area contributed by atoms with Gasteiger partial charge >= 0.3 is 0 Å². The van der Waals surface area contributed by atoms with Crippen LogP contribution >= 0.6 is 46.4 Å². The van der Waals surface area contributed by atoms with Gasteiger partial charge in [-0.25, -0.2) is 0 Å². The molecular weight excluding hydrogens is 440 g/mol. The average Bonchev–Trinajstić information content (AvgIpc) is 2.67. The molecule has 0 bridgehead atoms. The second-order valence-corrected chi connectivity index (χ2v) is 7.45. The first-order chi connectivity index (χ1) is 13.5. The Morgan fingerprint density at radius 3 is 2.14 bits per heavy atom. The first-order valence-corrected chi connectivity index (χ1v) is 9.71. The summed E-state index contributed by atoms with van der Waals surface area (Å²) in [4.78, 5) is 4.41. The van der Waals surface area contributed by atoms with E-state index in [0.717, 1.165) is 22.6 Å². The van der Waals surface area contributed by atoms with Crippen molar-refractivity contribution in [1.29, 1.82) is 0 Å². The van der Waals surface area contributed by atoms with Crippen molar-refractivity contribution in [3.63, 3.8) is 0 Å². The van der Waals surface area contributed by atoms with E-state index >= 15 is 0 Å². The van der Waals surface area contributed by atoms with Crippen LogP contribution in [0.4, 0.5) is 5.69 Å². The minimum atomic E-state index is 0.217. The largest absolute Gasteiger partial charge is 0.497 e. The molecule has 0 amide bonds. The molecule has 3 nitrogen and oxygen atoms in total. The highest BCUT2D eigenvalue weighted by Gasteiger charge is 2.11. The van der Waals surface area contributed by atoms with Crippen LogP contribution in [0.1, 0.15) is 11.1 Å². The number of nitrogens with zero attached hydrogens (tertiary/aromatic N) is 1. The van der Waals surface area contributed by atoms with Crippen LogP contribution in [0.3, 0.4) is 0 Å². The van der Waals surface area contributed by atoms with Crippen LogP contribution in [-0.2, 0) is 6.61 Å². The summed E-state index contributed by atoms with van der Waals surface area (Å²) in [6.45, 7) is 0.217. The number of methoxy groups -OCH3 is 1. The Morgan fingerprint density at radius 2 is 1.54 bits per heavy atom. The summed E-state index contributed by atoms with van der Waals surface area (Å²) in [5.41, 5.74) is 2.32. The number of benzene rings is 3. The van der Waals surface area contributed by atoms with Gasteiger partial charge in [-0.2, -0.15) is 0 Å². The number of aliphatic imine (C=N–C) groups is 1. The van der Waals surface area contributed by atoms with Crippen LogP contribution in [0.25, 0.3) is 0 Å². The van der Waals surface area contributed by atoms with Crippen molar-refractivity contribution in [3.05, 3.63) is 85.8 Å². The molecule has 0 aliphatic heterocycles. The molecule has 0 atom stereocenters. The van der Waals surface area contributed by atoms with Gasteiger partial charge in [0.15, 0.2) is 5.75 Å². The molecule has 28 heavy (non-hydrogen) atoms. The van der Waals surface area contributed by atoms with Gasteiger partial charge in [-0.3, -0.25) is 4.99 Å². The Bertz CT molecular complexity index is 981. The van der Waals surface area contributed by atoms with Crippen molar-refractivity contribution in [2.75, 3.05) is 7.11 Å². The standard InChI is InChI=1S/C21H15Cl4NO2/c1-27-17-6-4-16(5-7-17)26-11-13-8-19(24)21(20(25)9-13)28-12-14-2-3-15(22)10-18(14)23/h2-11H,12H2,1H3. The van der Waals surface area contributed by atoms with Crippen molar-refractivity contribution in [2.45, 2.75) is 6.61 Å². The fourth-order valence-corrected chi connectivity index (χ4v) is 3.47. The Balaban J connectivity index is 1.73. The van der Waals surface area contributed by atoms with E-state index in [-0.39, 0.29) is 6.61 Å². The fourth-order valence-electron chi connectivity index (χ4n) is 2.40. The second kappa shape index (κ2) is 9.53.